The van der Waals surface area contributed by atoms with Crippen LogP contribution < -0.4 is 9.64 Å². The van der Waals surface area contributed by atoms with Crippen LogP contribution in [0.5, 0.6) is 5.75 Å². The Balaban J connectivity index is 1.81. The second kappa shape index (κ2) is 8.50. The highest BCUT2D eigenvalue weighted by Gasteiger charge is 2.48. The van der Waals surface area contributed by atoms with Crippen molar-refractivity contribution in [1.29, 1.82) is 0 Å². The molecule has 1 amide bonds. The van der Waals surface area contributed by atoms with Gasteiger partial charge in [0.05, 0.1) is 18.7 Å². The Morgan fingerprint density at radius 3 is 2.50 bits per heavy atom. The van der Waals surface area contributed by atoms with E-state index >= 15 is 0 Å². The summed E-state index contributed by atoms with van der Waals surface area (Å²) in [6.07, 6.45) is 0. The molecule has 34 heavy (non-hydrogen) atoms. The Morgan fingerprint density at radius 2 is 1.76 bits per heavy atom. The molecule has 2 heterocycles. The minimum Gasteiger partial charge on any atom is -0.507 e. The first kappa shape index (κ1) is 22.0. The second-order valence-electron chi connectivity index (χ2n) is 8.09. The van der Waals surface area contributed by atoms with Crippen LogP contribution in [-0.2, 0) is 9.59 Å². The first-order valence-corrected chi connectivity index (χ1v) is 11.5. The van der Waals surface area contributed by atoms with Crippen LogP contribution in [0.25, 0.3) is 16.7 Å². The van der Waals surface area contributed by atoms with Gasteiger partial charge in [0.2, 0.25) is 0 Å². The summed E-state index contributed by atoms with van der Waals surface area (Å²) in [4.78, 5) is 31.6. The Kier molecular flexibility index (Phi) is 5.49. The van der Waals surface area contributed by atoms with Gasteiger partial charge in [-0.2, -0.15) is 0 Å². The van der Waals surface area contributed by atoms with Crippen LogP contribution in [0.1, 0.15) is 22.9 Å². The lowest BCUT2D eigenvalue weighted by atomic mass is 9.93. The van der Waals surface area contributed by atoms with E-state index in [0.717, 1.165) is 26.6 Å². The number of aromatic amines is 1. The molecular formula is C27H21BrN2O4. The van der Waals surface area contributed by atoms with Crippen LogP contribution in [0.2, 0.25) is 0 Å². The van der Waals surface area contributed by atoms with Crippen molar-refractivity contribution < 1.29 is 19.4 Å². The maximum atomic E-state index is 13.4. The number of ketones is 1. The average Bonchev–Trinajstić information content (AvgIpc) is 3.31. The summed E-state index contributed by atoms with van der Waals surface area (Å²) in [7, 11) is 1.54. The number of carbonyl (C=O) groups is 2. The van der Waals surface area contributed by atoms with Gasteiger partial charge in [0.15, 0.2) is 0 Å². The lowest BCUT2D eigenvalue weighted by Gasteiger charge is -2.26. The van der Waals surface area contributed by atoms with Gasteiger partial charge < -0.3 is 14.8 Å². The van der Waals surface area contributed by atoms with Gasteiger partial charge in [0.1, 0.15) is 11.5 Å². The van der Waals surface area contributed by atoms with Crippen molar-refractivity contribution in [2.24, 2.45) is 0 Å². The highest BCUT2D eigenvalue weighted by Crippen LogP contribution is 2.45. The monoisotopic (exact) mass is 516 g/mol. The fraction of sp³-hybridized carbons (Fsp3) is 0.111. The Hall–Kier alpha value is -3.84. The summed E-state index contributed by atoms with van der Waals surface area (Å²) in [5, 5.41) is 12.2. The second-order valence-corrected chi connectivity index (χ2v) is 9.00. The largest absolute Gasteiger partial charge is 0.507 e. The molecule has 1 aliphatic rings. The number of anilines is 1. The van der Waals surface area contributed by atoms with Gasteiger partial charge in [-0.05, 0) is 37.3 Å². The number of amides is 1. The fourth-order valence-electron chi connectivity index (χ4n) is 4.55. The highest BCUT2D eigenvalue weighted by atomic mass is 79.9. The molecule has 6 nitrogen and oxygen atoms in total. The minimum absolute atomic E-state index is 0.0444. The molecule has 1 aliphatic heterocycles. The molecule has 1 atom stereocenters. The molecule has 5 rings (SSSR count). The summed E-state index contributed by atoms with van der Waals surface area (Å²) >= 11 is 3.39. The number of hydrogen-bond acceptors (Lipinski definition) is 4. The van der Waals surface area contributed by atoms with Gasteiger partial charge in [0, 0.05) is 44.0 Å². The van der Waals surface area contributed by atoms with Crippen molar-refractivity contribution in [2.45, 2.75) is 13.0 Å². The third-order valence-corrected chi connectivity index (χ3v) is 6.64. The number of nitrogens with zero attached hydrogens (tertiary/aromatic N) is 1. The van der Waals surface area contributed by atoms with Gasteiger partial charge in [-0.15, -0.1) is 0 Å². The molecule has 0 aliphatic carbocycles. The van der Waals surface area contributed by atoms with Gasteiger partial charge in [0.25, 0.3) is 11.7 Å². The molecule has 0 bridgehead atoms. The number of aromatic nitrogens is 1. The number of benzene rings is 3. The molecule has 1 fully saturated rings. The first-order valence-electron chi connectivity index (χ1n) is 10.7. The van der Waals surface area contributed by atoms with Gasteiger partial charge in [-0.1, -0.05) is 52.3 Å². The molecule has 1 saturated heterocycles. The number of aliphatic hydroxyl groups excluding tert-OH is 1. The molecule has 2 N–H and O–H groups in total. The van der Waals surface area contributed by atoms with Crippen LogP contribution in [0.15, 0.2) is 82.8 Å². The van der Waals surface area contributed by atoms with Crippen molar-refractivity contribution in [3.8, 4) is 5.75 Å². The molecule has 0 spiro atoms. The van der Waals surface area contributed by atoms with Crippen LogP contribution >= 0.6 is 15.9 Å². The van der Waals surface area contributed by atoms with Crippen molar-refractivity contribution >= 4 is 50.0 Å². The normalized spacial score (nSPS) is 17.5. The van der Waals surface area contributed by atoms with Crippen LogP contribution in [0.3, 0.4) is 0 Å². The maximum absolute atomic E-state index is 13.4. The number of aryl methyl sites for hydroxylation is 1. The molecule has 4 aromatic rings. The van der Waals surface area contributed by atoms with Crippen LogP contribution in [0, 0.1) is 6.92 Å². The smallest absolute Gasteiger partial charge is 0.300 e. The van der Waals surface area contributed by atoms with E-state index in [1.165, 1.54) is 4.90 Å². The minimum atomic E-state index is -0.827. The number of carbonyl (C=O) groups excluding carboxylic acids is 2. The van der Waals surface area contributed by atoms with Gasteiger partial charge >= 0.3 is 0 Å². The summed E-state index contributed by atoms with van der Waals surface area (Å²) in [5.74, 6) is -1.10. The van der Waals surface area contributed by atoms with Crippen molar-refractivity contribution in [3.05, 3.63) is 99.7 Å². The highest BCUT2D eigenvalue weighted by molar-refractivity contribution is 9.10. The molecule has 0 radical (unpaired) electrons. The summed E-state index contributed by atoms with van der Waals surface area (Å²) in [6.45, 7) is 1.90. The Morgan fingerprint density at radius 1 is 1.03 bits per heavy atom. The van der Waals surface area contributed by atoms with E-state index < -0.39 is 17.7 Å². The number of H-pyrrole nitrogens is 1. The number of fused-ring (bicyclic) bond motifs is 1. The van der Waals surface area contributed by atoms with E-state index in [1.807, 2.05) is 31.2 Å². The van der Waals surface area contributed by atoms with Gasteiger partial charge in [-0.3, -0.25) is 14.5 Å². The quantitative estimate of drug-likeness (QED) is 0.202. The number of Topliss-reactive ketones (excluding diaryl/α,β-unsaturated/α-hetero) is 1. The molecule has 0 saturated carbocycles. The maximum Gasteiger partial charge on any atom is 0.300 e. The summed E-state index contributed by atoms with van der Waals surface area (Å²) in [6, 6.07) is 20.9. The zero-order valence-corrected chi connectivity index (χ0v) is 20.1. The van der Waals surface area contributed by atoms with E-state index in [4.69, 9.17) is 4.74 Å². The molecule has 3 aromatic carbocycles. The standard InChI is InChI=1S/C27H21BrN2O4/c1-15-22(20-8-3-4-9-21(20)29-15)24-23(25(31)16-10-12-17(28)13-11-16)26(32)27(33)30(24)18-6-5-7-19(14-18)34-2/h3-14,24,29,31H,1-2H3/b25-23+. The molecular weight excluding hydrogens is 496 g/mol. The Bertz CT molecular complexity index is 1470. The van der Waals surface area contributed by atoms with E-state index in [1.54, 1.807) is 55.6 Å². The summed E-state index contributed by atoms with van der Waals surface area (Å²) in [5.41, 5.74) is 3.46. The summed E-state index contributed by atoms with van der Waals surface area (Å²) < 4.78 is 6.19. The lowest BCUT2D eigenvalue weighted by Crippen LogP contribution is -2.29. The molecule has 7 heteroatoms. The van der Waals surface area contributed by atoms with E-state index in [0.29, 0.717) is 17.0 Å². The number of nitrogens with one attached hydrogen (secondary N) is 1. The fourth-order valence-corrected chi connectivity index (χ4v) is 4.81. The predicted molar refractivity (Wildman–Crippen MR) is 135 cm³/mol. The number of hydrogen-bond donors (Lipinski definition) is 2. The van der Waals surface area contributed by atoms with Crippen molar-refractivity contribution in [3.63, 3.8) is 0 Å². The first-order chi connectivity index (χ1) is 16.4. The topological polar surface area (TPSA) is 82.6 Å². The number of rotatable bonds is 4. The molecule has 1 aromatic heterocycles. The van der Waals surface area contributed by atoms with E-state index in [9.17, 15) is 14.7 Å². The number of ether oxygens (including phenoxy) is 1. The SMILES string of the molecule is COc1cccc(N2C(=O)C(=O)/C(=C(/O)c3ccc(Br)cc3)C2c2c(C)[nH]c3ccccc23)c1. The Labute approximate surface area is 204 Å². The number of aliphatic hydroxyl groups is 1. The zero-order valence-electron chi connectivity index (χ0n) is 18.5. The number of para-hydroxylation sites is 1. The predicted octanol–water partition coefficient (Wildman–Crippen LogP) is 5.87. The molecule has 1 unspecified atom stereocenters. The third-order valence-electron chi connectivity index (χ3n) is 6.11. The average molecular weight is 517 g/mol. The van der Waals surface area contributed by atoms with Crippen molar-refractivity contribution in [1.82, 2.24) is 4.98 Å². The van der Waals surface area contributed by atoms with Crippen molar-refractivity contribution in [2.75, 3.05) is 12.0 Å². The third kappa shape index (κ3) is 3.49. The number of halogens is 1. The number of methoxy groups -OCH3 is 1. The zero-order chi connectivity index (χ0) is 24.0. The van der Waals surface area contributed by atoms with Gasteiger partial charge in [-0.25, -0.2) is 0 Å². The van der Waals surface area contributed by atoms with Crippen LogP contribution in [-0.4, -0.2) is 28.9 Å². The lowest BCUT2D eigenvalue weighted by molar-refractivity contribution is -0.132. The van der Waals surface area contributed by atoms with E-state index in [-0.39, 0.29) is 11.3 Å². The van der Waals surface area contributed by atoms with Crippen LogP contribution in [0.4, 0.5) is 5.69 Å². The van der Waals surface area contributed by atoms with E-state index in [2.05, 4.69) is 20.9 Å². The molecule has 170 valence electrons.